The summed E-state index contributed by atoms with van der Waals surface area (Å²) in [5.41, 5.74) is 8.35. The molecule has 0 atom stereocenters. The average molecular weight is 343 g/mol. The Hall–Kier alpha value is -2.24. The van der Waals surface area contributed by atoms with E-state index in [4.69, 9.17) is 17.3 Å². The van der Waals surface area contributed by atoms with E-state index in [0.29, 0.717) is 11.6 Å². The van der Waals surface area contributed by atoms with Gasteiger partial charge in [-0.1, -0.05) is 29.4 Å². The summed E-state index contributed by atoms with van der Waals surface area (Å²) in [4.78, 5) is 9.98. The Morgan fingerprint density at radius 3 is 2.65 bits per heavy atom. The minimum Gasteiger partial charge on any atom is -0.399 e. The Morgan fingerprint density at radius 1 is 1.13 bits per heavy atom. The number of aromatic nitrogens is 2. The minimum atomic E-state index is 0.540. The zero-order valence-corrected chi connectivity index (χ0v) is 14.0. The number of anilines is 3. The van der Waals surface area contributed by atoms with Crippen LogP contribution in [0.1, 0.15) is 5.56 Å². The fourth-order valence-electron chi connectivity index (χ4n) is 1.95. The average Bonchev–Trinajstić information content (AvgIpc) is 2.53. The second-order valence-corrected chi connectivity index (χ2v) is 6.49. The zero-order valence-electron chi connectivity index (χ0n) is 12.5. The number of hydrogen-bond donors (Lipinski definition) is 2. The Labute approximate surface area is 144 Å². The highest BCUT2D eigenvalue weighted by Gasteiger charge is 2.07. The predicted molar refractivity (Wildman–Crippen MR) is 96.5 cm³/mol. The van der Waals surface area contributed by atoms with E-state index in [1.54, 1.807) is 18.0 Å². The molecule has 3 N–H and O–H groups in total. The van der Waals surface area contributed by atoms with E-state index in [0.717, 1.165) is 26.2 Å². The fourth-order valence-corrected chi connectivity index (χ4v) is 2.92. The maximum atomic E-state index is 5.92. The predicted octanol–water partition coefficient (Wildman–Crippen LogP) is 4.92. The zero-order chi connectivity index (χ0) is 16.2. The highest BCUT2D eigenvalue weighted by atomic mass is 35.5. The van der Waals surface area contributed by atoms with Crippen LogP contribution in [-0.2, 0) is 0 Å². The number of benzene rings is 2. The van der Waals surface area contributed by atoms with Crippen LogP contribution in [0.2, 0.25) is 5.02 Å². The number of nitrogens with zero attached hydrogens (tertiary/aromatic N) is 2. The summed E-state index contributed by atoms with van der Waals surface area (Å²) in [6, 6.07) is 15.2. The molecule has 0 aliphatic carbocycles. The lowest BCUT2D eigenvalue weighted by Crippen LogP contribution is -1.99. The van der Waals surface area contributed by atoms with E-state index < -0.39 is 0 Å². The largest absolute Gasteiger partial charge is 0.399 e. The molecule has 1 heterocycles. The number of nitrogens with one attached hydrogen (secondary N) is 1. The molecule has 0 saturated heterocycles. The van der Waals surface area contributed by atoms with Crippen LogP contribution in [0.25, 0.3) is 0 Å². The van der Waals surface area contributed by atoms with Crippen molar-refractivity contribution in [3.05, 3.63) is 65.3 Å². The van der Waals surface area contributed by atoms with Crippen molar-refractivity contribution in [3.8, 4) is 0 Å². The Kier molecular flexibility index (Phi) is 4.69. The van der Waals surface area contributed by atoms with Gasteiger partial charge in [-0.05, 0) is 49.4 Å². The first kappa shape index (κ1) is 15.6. The molecule has 1 aromatic heterocycles. The molecular formula is C17H15ClN4S. The third-order valence-electron chi connectivity index (χ3n) is 3.10. The molecule has 0 radical (unpaired) electrons. The molecule has 116 valence electrons. The van der Waals surface area contributed by atoms with Gasteiger partial charge < -0.3 is 11.1 Å². The molecule has 0 unspecified atom stereocenters. The third kappa shape index (κ3) is 4.15. The van der Waals surface area contributed by atoms with Crippen LogP contribution in [0.4, 0.5) is 17.3 Å². The van der Waals surface area contributed by atoms with Crippen molar-refractivity contribution in [2.24, 2.45) is 0 Å². The number of rotatable bonds is 4. The lowest BCUT2D eigenvalue weighted by Gasteiger charge is -2.09. The van der Waals surface area contributed by atoms with Crippen molar-refractivity contribution < 1.29 is 0 Å². The summed E-state index contributed by atoms with van der Waals surface area (Å²) in [6.07, 6.45) is 1.81. The van der Waals surface area contributed by atoms with E-state index in [1.807, 2.05) is 55.5 Å². The molecule has 6 heteroatoms. The normalized spacial score (nSPS) is 10.5. The van der Waals surface area contributed by atoms with Crippen LogP contribution >= 0.6 is 23.4 Å². The second kappa shape index (κ2) is 6.89. The van der Waals surface area contributed by atoms with E-state index >= 15 is 0 Å². The summed E-state index contributed by atoms with van der Waals surface area (Å²) >= 11 is 7.50. The lowest BCUT2D eigenvalue weighted by molar-refractivity contribution is 1.01. The van der Waals surface area contributed by atoms with Crippen LogP contribution in [0.3, 0.4) is 0 Å². The van der Waals surface area contributed by atoms with Crippen molar-refractivity contribution >= 4 is 40.7 Å². The van der Waals surface area contributed by atoms with E-state index in [9.17, 15) is 0 Å². The SMILES string of the molecule is Cc1cnc(Nc2cccc(N)c2)nc1Sc1ccc(Cl)cc1. The van der Waals surface area contributed by atoms with Gasteiger partial charge in [0.2, 0.25) is 5.95 Å². The van der Waals surface area contributed by atoms with Gasteiger partial charge in [0.05, 0.1) is 0 Å². The first-order valence-electron chi connectivity index (χ1n) is 7.00. The van der Waals surface area contributed by atoms with Crippen LogP contribution in [-0.4, -0.2) is 9.97 Å². The van der Waals surface area contributed by atoms with E-state index in [1.165, 1.54) is 0 Å². The van der Waals surface area contributed by atoms with Crippen LogP contribution in [0.5, 0.6) is 0 Å². The Balaban J connectivity index is 1.82. The highest BCUT2D eigenvalue weighted by molar-refractivity contribution is 7.99. The van der Waals surface area contributed by atoms with Gasteiger partial charge in [0, 0.05) is 33.1 Å². The minimum absolute atomic E-state index is 0.540. The lowest BCUT2D eigenvalue weighted by atomic mass is 10.3. The molecule has 0 aliphatic heterocycles. The molecule has 0 amide bonds. The maximum Gasteiger partial charge on any atom is 0.228 e. The fraction of sp³-hybridized carbons (Fsp3) is 0.0588. The molecule has 0 aliphatic rings. The van der Waals surface area contributed by atoms with Gasteiger partial charge in [0.15, 0.2) is 0 Å². The van der Waals surface area contributed by atoms with Gasteiger partial charge >= 0.3 is 0 Å². The molecule has 2 aromatic carbocycles. The molecule has 3 rings (SSSR count). The monoisotopic (exact) mass is 342 g/mol. The highest BCUT2D eigenvalue weighted by Crippen LogP contribution is 2.30. The van der Waals surface area contributed by atoms with Gasteiger partial charge in [-0.15, -0.1) is 0 Å². The number of hydrogen-bond acceptors (Lipinski definition) is 5. The molecule has 4 nitrogen and oxygen atoms in total. The van der Waals surface area contributed by atoms with E-state index in [-0.39, 0.29) is 0 Å². The topological polar surface area (TPSA) is 63.8 Å². The number of nitrogen functional groups attached to an aromatic ring is 1. The van der Waals surface area contributed by atoms with Crippen molar-refractivity contribution in [2.75, 3.05) is 11.1 Å². The summed E-state index contributed by atoms with van der Waals surface area (Å²) in [7, 11) is 0. The molecule has 0 spiro atoms. The summed E-state index contributed by atoms with van der Waals surface area (Å²) in [5.74, 6) is 0.540. The molecule has 0 bridgehead atoms. The number of halogens is 1. The van der Waals surface area contributed by atoms with E-state index in [2.05, 4.69) is 15.3 Å². The molecule has 0 saturated carbocycles. The molecule has 23 heavy (non-hydrogen) atoms. The second-order valence-electron chi connectivity index (χ2n) is 4.99. The van der Waals surface area contributed by atoms with Gasteiger partial charge in [0.1, 0.15) is 5.03 Å². The summed E-state index contributed by atoms with van der Waals surface area (Å²) < 4.78 is 0. The molecular weight excluding hydrogens is 328 g/mol. The van der Waals surface area contributed by atoms with Gasteiger partial charge in [0.25, 0.3) is 0 Å². The Morgan fingerprint density at radius 2 is 1.91 bits per heavy atom. The number of nitrogens with two attached hydrogens (primary N) is 1. The number of aryl methyl sites for hydroxylation is 1. The Bertz CT molecular complexity index is 821. The standard InChI is InChI=1S/C17H15ClN4S/c1-11-10-20-17(21-14-4-2-3-13(19)9-14)22-16(11)23-15-7-5-12(18)6-8-15/h2-10H,19H2,1H3,(H,20,21,22). The quantitative estimate of drug-likeness (QED) is 0.520. The summed E-state index contributed by atoms with van der Waals surface area (Å²) in [6.45, 7) is 1.99. The van der Waals surface area contributed by atoms with Crippen LogP contribution in [0.15, 0.2) is 64.6 Å². The third-order valence-corrected chi connectivity index (χ3v) is 4.46. The van der Waals surface area contributed by atoms with Crippen LogP contribution < -0.4 is 11.1 Å². The van der Waals surface area contributed by atoms with Crippen molar-refractivity contribution in [2.45, 2.75) is 16.8 Å². The summed E-state index contributed by atoms with van der Waals surface area (Å²) in [5, 5.41) is 4.79. The van der Waals surface area contributed by atoms with Crippen LogP contribution in [0, 0.1) is 6.92 Å². The van der Waals surface area contributed by atoms with Crippen molar-refractivity contribution in [1.29, 1.82) is 0 Å². The molecule has 0 fully saturated rings. The first-order valence-corrected chi connectivity index (χ1v) is 8.19. The smallest absolute Gasteiger partial charge is 0.228 e. The van der Waals surface area contributed by atoms with Crippen molar-refractivity contribution in [3.63, 3.8) is 0 Å². The van der Waals surface area contributed by atoms with Gasteiger partial charge in [-0.2, -0.15) is 0 Å². The van der Waals surface area contributed by atoms with Crippen molar-refractivity contribution in [1.82, 2.24) is 9.97 Å². The van der Waals surface area contributed by atoms with Gasteiger partial charge in [-0.3, -0.25) is 0 Å². The maximum absolute atomic E-state index is 5.92. The van der Waals surface area contributed by atoms with Gasteiger partial charge in [-0.25, -0.2) is 9.97 Å². The first-order chi connectivity index (χ1) is 11.1. The molecule has 3 aromatic rings.